The molecule has 0 radical (unpaired) electrons. The van der Waals surface area contributed by atoms with Gasteiger partial charge in [0.1, 0.15) is 5.82 Å². The minimum Gasteiger partial charge on any atom is -0.450 e. The van der Waals surface area contributed by atoms with Crippen molar-refractivity contribution in [2.24, 2.45) is 0 Å². The quantitative estimate of drug-likeness (QED) is 0.587. The molecular weight excluding hydrogens is 473 g/mol. The number of hydrogen-bond acceptors (Lipinski definition) is 5. The summed E-state index contributed by atoms with van der Waals surface area (Å²) in [5.74, 6) is -1.00. The summed E-state index contributed by atoms with van der Waals surface area (Å²) in [5.41, 5.74) is 0.148. The van der Waals surface area contributed by atoms with E-state index in [1.165, 1.54) is 52.3 Å². The first-order valence-electron chi connectivity index (χ1n) is 10.4. The summed E-state index contributed by atoms with van der Waals surface area (Å²) in [7, 11) is -4.12. The largest absolute Gasteiger partial charge is 0.450 e. The highest BCUT2D eigenvalue weighted by atomic mass is 35.5. The molecule has 2 aromatic carbocycles. The summed E-state index contributed by atoms with van der Waals surface area (Å²) in [4.78, 5) is 27.8. The highest BCUT2D eigenvalue weighted by Gasteiger charge is 2.31. The lowest BCUT2D eigenvalue weighted by Crippen LogP contribution is -2.53. The van der Waals surface area contributed by atoms with Gasteiger partial charge in [-0.25, -0.2) is 17.6 Å². The van der Waals surface area contributed by atoms with Gasteiger partial charge in [0.15, 0.2) is 0 Å². The van der Waals surface area contributed by atoms with Gasteiger partial charge in [0.25, 0.3) is 0 Å². The van der Waals surface area contributed by atoms with Crippen LogP contribution in [0.3, 0.4) is 0 Å². The van der Waals surface area contributed by atoms with Crippen LogP contribution in [0.1, 0.15) is 12.5 Å². The summed E-state index contributed by atoms with van der Waals surface area (Å²) in [6.45, 7) is 2.22. The van der Waals surface area contributed by atoms with Crippen LogP contribution in [-0.2, 0) is 26.1 Å². The van der Waals surface area contributed by atoms with Crippen molar-refractivity contribution in [2.45, 2.75) is 18.4 Å². The fourth-order valence-corrected chi connectivity index (χ4v) is 4.90. The lowest BCUT2D eigenvalue weighted by molar-refractivity contribution is -0.133. The Morgan fingerprint density at radius 1 is 1.03 bits per heavy atom. The smallest absolute Gasteiger partial charge is 0.409 e. The molecule has 0 aliphatic carbocycles. The molecule has 0 saturated carbocycles. The molecule has 3 rings (SSSR count). The van der Waals surface area contributed by atoms with Crippen molar-refractivity contribution in [1.82, 2.24) is 14.1 Å². The molecule has 2 amide bonds. The first-order valence-corrected chi connectivity index (χ1v) is 12.2. The number of piperazine rings is 1. The van der Waals surface area contributed by atoms with Crippen LogP contribution in [0.25, 0.3) is 0 Å². The molecule has 1 heterocycles. The lowest BCUT2D eigenvalue weighted by Gasteiger charge is -2.35. The van der Waals surface area contributed by atoms with Gasteiger partial charge in [-0.1, -0.05) is 29.8 Å². The molecule has 178 valence electrons. The molecule has 2 aromatic rings. The Balaban J connectivity index is 1.78. The zero-order valence-corrected chi connectivity index (χ0v) is 19.7. The first-order chi connectivity index (χ1) is 15.7. The number of sulfonamides is 1. The number of ether oxygens (including phenoxy) is 1. The number of carbonyl (C=O) groups excluding carboxylic acids is 2. The molecule has 1 aliphatic heterocycles. The molecule has 0 aromatic heterocycles. The second-order valence-corrected chi connectivity index (χ2v) is 9.76. The molecule has 0 atom stereocenters. The van der Waals surface area contributed by atoms with Gasteiger partial charge < -0.3 is 14.5 Å². The predicted octanol–water partition coefficient (Wildman–Crippen LogP) is 2.97. The highest BCUT2D eigenvalue weighted by molar-refractivity contribution is 7.89. The average molecular weight is 498 g/mol. The maximum absolute atomic E-state index is 14.3. The van der Waals surface area contributed by atoms with Crippen LogP contribution >= 0.6 is 11.6 Å². The van der Waals surface area contributed by atoms with E-state index in [1.54, 1.807) is 13.0 Å². The fraction of sp³-hybridized carbons (Fsp3) is 0.364. The Hall–Kier alpha value is -2.69. The predicted molar refractivity (Wildman–Crippen MR) is 121 cm³/mol. The lowest BCUT2D eigenvalue weighted by atomic mass is 10.2. The van der Waals surface area contributed by atoms with E-state index in [1.807, 2.05) is 0 Å². The van der Waals surface area contributed by atoms with E-state index in [2.05, 4.69) is 0 Å². The Morgan fingerprint density at radius 3 is 2.24 bits per heavy atom. The topological polar surface area (TPSA) is 87.2 Å². The van der Waals surface area contributed by atoms with Gasteiger partial charge in [-0.3, -0.25) is 4.79 Å². The zero-order chi connectivity index (χ0) is 24.0. The summed E-state index contributed by atoms with van der Waals surface area (Å²) in [5, 5.41) is 0.366. The van der Waals surface area contributed by atoms with Crippen LogP contribution < -0.4 is 0 Å². The van der Waals surface area contributed by atoms with E-state index < -0.39 is 34.4 Å². The number of amides is 2. The van der Waals surface area contributed by atoms with Crippen LogP contribution in [0.5, 0.6) is 0 Å². The summed E-state index contributed by atoms with van der Waals surface area (Å²) in [6, 6.07) is 11.4. The van der Waals surface area contributed by atoms with E-state index in [4.69, 9.17) is 16.3 Å². The summed E-state index contributed by atoms with van der Waals surface area (Å²) < 4.78 is 46.8. The Labute approximate surface area is 197 Å². The number of hydrogen-bond donors (Lipinski definition) is 0. The van der Waals surface area contributed by atoms with E-state index >= 15 is 0 Å². The second-order valence-electron chi connectivity index (χ2n) is 7.39. The molecule has 0 N–H and O–H groups in total. The van der Waals surface area contributed by atoms with Gasteiger partial charge in [0.05, 0.1) is 18.0 Å². The second kappa shape index (κ2) is 11.0. The Kier molecular flexibility index (Phi) is 8.28. The normalized spacial score (nSPS) is 14.4. The Morgan fingerprint density at radius 2 is 1.64 bits per heavy atom. The molecule has 1 fully saturated rings. The molecule has 33 heavy (non-hydrogen) atoms. The van der Waals surface area contributed by atoms with Crippen LogP contribution in [0, 0.1) is 5.82 Å². The van der Waals surface area contributed by atoms with Crippen molar-refractivity contribution in [3.63, 3.8) is 0 Å². The van der Waals surface area contributed by atoms with Crippen LogP contribution in [0.15, 0.2) is 53.4 Å². The maximum atomic E-state index is 14.3. The van der Waals surface area contributed by atoms with Crippen molar-refractivity contribution < 1.29 is 27.1 Å². The Bertz CT molecular complexity index is 1090. The summed E-state index contributed by atoms with van der Waals surface area (Å²) >= 11 is 5.88. The number of rotatable bonds is 7. The van der Waals surface area contributed by atoms with Crippen molar-refractivity contribution in [3.8, 4) is 0 Å². The molecule has 0 bridgehead atoms. The molecule has 1 saturated heterocycles. The number of carbonyl (C=O) groups is 2. The van der Waals surface area contributed by atoms with E-state index in [0.29, 0.717) is 5.02 Å². The van der Waals surface area contributed by atoms with E-state index in [9.17, 15) is 22.4 Å². The third kappa shape index (κ3) is 6.21. The molecule has 0 spiro atoms. The van der Waals surface area contributed by atoms with Crippen molar-refractivity contribution in [2.75, 3.05) is 39.3 Å². The maximum Gasteiger partial charge on any atom is 0.409 e. The van der Waals surface area contributed by atoms with Crippen molar-refractivity contribution in [3.05, 3.63) is 64.9 Å². The van der Waals surface area contributed by atoms with Gasteiger partial charge in [-0.05, 0) is 37.3 Å². The minimum atomic E-state index is -4.12. The molecule has 11 heteroatoms. The average Bonchev–Trinajstić information content (AvgIpc) is 2.80. The summed E-state index contributed by atoms with van der Waals surface area (Å²) in [6.07, 6.45) is -0.448. The molecule has 8 nitrogen and oxygen atoms in total. The number of benzene rings is 2. The zero-order valence-electron chi connectivity index (χ0n) is 18.1. The number of nitrogens with zero attached hydrogens (tertiary/aromatic N) is 3. The van der Waals surface area contributed by atoms with Gasteiger partial charge in [0.2, 0.25) is 15.9 Å². The third-order valence-corrected chi connectivity index (χ3v) is 7.28. The van der Waals surface area contributed by atoms with Gasteiger partial charge in [0, 0.05) is 43.3 Å². The highest BCUT2D eigenvalue weighted by Crippen LogP contribution is 2.22. The molecule has 0 unspecified atom stereocenters. The SMILES string of the molecule is CCOC(=O)N1CCN(C(=O)CN(Cc2ccccc2F)S(=O)(=O)c2ccc(Cl)cc2)CC1. The van der Waals surface area contributed by atoms with Crippen LogP contribution in [0.4, 0.5) is 9.18 Å². The van der Waals surface area contributed by atoms with Gasteiger partial charge in [-0.2, -0.15) is 4.31 Å². The fourth-order valence-electron chi connectivity index (χ4n) is 3.40. The van der Waals surface area contributed by atoms with Crippen LogP contribution in [0.2, 0.25) is 5.02 Å². The van der Waals surface area contributed by atoms with Gasteiger partial charge >= 0.3 is 6.09 Å². The minimum absolute atomic E-state index is 0.0526. The molecule has 1 aliphatic rings. The monoisotopic (exact) mass is 497 g/mol. The van der Waals surface area contributed by atoms with E-state index in [-0.39, 0.29) is 49.8 Å². The van der Waals surface area contributed by atoms with E-state index in [0.717, 1.165) is 4.31 Å². The molecular formula is C22H25ClFN3O5S. The standard InChI is InChI=1S/C22H25ClFN3O5S/c1-2-32-22(29)26-13-11-25(12-14-26)21(28)16-27(15-17-5-3-4-6-20(17)24)33(30,31)19-9-7-18(23)8-10-19/h3-10H,2,11-16H2,1H3. The van der Waals surface area contributed by atoms with Gasteiger partial charge in [-0.15, -0.1) is 0 Å². The third-order valence-electron chi connectivity index (χ3n) is 5.23. The van der Waals surface area contributed by atoms with Crippen molar-refractivity contribution in [1.29, 1.82) is 0 Å². The van der Waals surface area contributed by atoms with Crippen LogP contribution in [-0.4, -0.2) is 73.9 Å². The van der Waals surface area contributed by atoms with Crippen molar-refractivity contribution >= 4 is 33.6 Å². The number of halogens is 2. The first kappa shape index (κ1) is 24.9.